The van der Waals surface area contributed by atoms with Gasteiger partial charge in [-0.3, -0.25) is 19.2 Å². The van der Waals surface area contributed by atoms with Crippen LogP contribution in [0.2, 0.25) is 0 Å². The van der Waals surface area contributed by atoms with Gasteiger partial charge in [0.1, 0.15) is 17.1 Å². The first-order chi connectivity index (χ1) is 26.5. The molecule has 0 bridgehead atoms. The molecule has 3 aromatic rings. The Morgan fingerprint density at radius 1 is 0.818 bits per heavy atom. The molecule has 1 atom stereocenters. The zero-order valence-corrected chi connectivity index (χ0v) is 30.6. The number of hydrogen-bond donors (Lipinski definition) is 5. The van der Waals surface area contributed by atoms with Crippen LogP contribution in [0.4, 0.5) is 0 Å². The Bertz CT molecular complexity index is 2370. The summed E-state index contributed by atoms with van der Waals surface area (Å²) in [6.45, 7) is 4.54. The van der Waals surface area contributed by atoms with Crippen molar-refractivity contribution in [2.24, 2.45) is 5.92 Å². The summed E-state index contributed by atoms with van der Waals surface area (Å²) in [6.07, 6.45) is 3.40. The van der Waals surface area contributed by atoms with E-state index in [9.17, 15) is 34.2 Å². The van der Waals surface area contributed by atoms with E-state index in [0.29, 0.717) is 48.0 Å². The zero-order chi connectivity index (χ0) is 39.3. The van der Waals surface area contributed by atoms with Gasteiger partial charge in [-0.2, -0.15) is 0 Å². The zero-order valence-electron chi connectivity index (χ0n) is 30.6. The predicted octanol–water partition coefficient (Wildman–Crippen LogP) is 5.74. The average Bonchev–Trinajstić information content (AvgIpc) is 3.17. The number of aromatic hydroxyl groups is 1. The van der Waals surface area contributed by atoms with Gasteiger partial charge in [-0.25, -0.2) is 4.79 Å². The Morgan fingerprint density at radius 2 is 1.58 bits per heavy atom. The van der Waals surface area contributed by atoms with E-state index in [1.807, 2.05) is 31.2 Å². The summed E-state index contributed by atoms with van der Waals surface area (Å²) >= 11 is 0. The molecule has 55 heavy (non-hydrogen) atoms. The molecule has 0 saturated heterocycles. The van der Waals surface area contributed by atoms with E-state index < -0.39 is 11.9 Å². The molecule has 1 aliphatic carbocycles. The molecular weight excluding hydrogens is 698 g/mol. The molecule has 1 aliphatic heterocycles. The van der Waals surface area contributed by atoms with E-state index in [1.54, 1.807) is 25.1 Å². The Kier molecular flexibility index (Phi) is 13.4. The lowest BCUT2D eigenvalue weighted by Gasteiger charge is -2.17. The highest BCUT2D eigenvalue weighted by atomic mass is 16.4. The number of unbranched alkanes of at least 4 members (excludes halogenated alkanes) is 2. The molecule has 0 radical (unpaired) electrons. The van der Waals surface area contributed by atoms with Gasteiger partial charge in [-0.1, -0.05) is 49.3 Å². The monoisotopic (exact) mass is 739 g/mol. The van der Waals surface area contributed by atoms with Crippen molar-refractivity contribution >= 4 is 34.7 Å². The quantitative estimate of drug-likeness (QED) is 0.0544. The third-order valence-electron chi connectivity index (χ3n) is 8.90. The van der Waals surface area contributed by atoms with Crippen LogP contribution in [0.3, 0.4) is 0 Å². The molecule has 0 fully saturated rings. The van der Waals surface area contributed by atoms with Gasteiger partial charge in [0.25, 0.3) is 5.91 Å². The number of aromatic carboxylic acids is 1. The van der Waals surface area contributed by atoms with Gasteiger partial charge >= 0.3 is 5.97 Å². The number of amides is 3. The Balaban J connectivity index is 1.14. The first-order valence-electron chi connectivity index (χ1n) is 17.9. The van der Waals surface area contributed by atoms with Crippen LogP contribution >= 0.6 is 0 Å². The maximum atomic E-state index is 13.1. The van der Waals surface area contributed by atoms with Crippen LogP contribution in [-0.2, 0) is 16.0 Å². The summed E-state index contributed by atoms with van der Waals surface area (Å²) in [6, 6.07) is 20.5. The van der Waals surface area contributed by atoms with Gasteiger partial charge in [0.15, 0.2) is 5.43 Å². The average molecular weight is 740 g/mol. The normalized spacial score (nSPS) is 11.1. The molecule has 0 aromatic heterocycles. The maximum Gasteiger partial charge on any atom is 0.336 e. The molecule has 280 valence electrons. The highest BCUT2D eigenvalue weighted by Crippen LogP contribution is 2.42. The highest BCUT2D eigenvalue weighted by Gasteiger charge is 2.23. The SMILES string of the molecule is CC#CCNC(=O)CCCCCNC(=O)C(C)Cc1ccc(C#CCNC(=O)c2ccc(-c3c4ccc(=O)cc-4oc4cc(O)ccc34)c(C(=O)O)c2)cc1. The largest absolute Gasteiger partial charge is 0.508 e. The number of nitrogens with one attached hydrogen (secondary N) is 3. The number of carboxylic acid groups (broad SMARTS) is 1. The number of carbonyl (C=O) groups is 4. The smallest absolute Gasteiger partial charge is 0.336 e. The number of hydrogen-bond acceptors (Lipinski definition) is 7. The van der Waals surface area contributed by atoms with Crippen molar-refractivity contribution < 1.29 is 33.8 Å². The molecule has 0 saturated carbocycles. The van der Waals surface area contributed by atoms with Gasteiger partial charge in [0.05, 0.1) is 18.7 Å². The minimum absolute atomic E-state index is 0.0137. The Hall–Kier alpha value is -6.85. The summed E-state index contributed by atoms with van der Waals surface area (Å²) in [5.41, 5.74) is 2.95. The molecule has 5 rings (SSSR count). The second kappa shape index (κ2) is 18.8. The third kappa shape index (κ3) is 10.6. The van der Waals surface area contributed by atoms with E-state index in [0.717, 1.165) is 30.4 Å². The lowest BCUT2D eigenvalue weighted by molar-refractivity contribution is -0.124. The van der Waals surface area contributed by atoms with E-state index in [1.165, 1.54) is 36.4 Å². The lowest BCUT2D eigenvalue weighted by atomic mass is 9.90. The maximum absolute atomic E-state index is 13.1. The van der Waals surface area contributed by atoms with E-state index in [2.05, 4.69) is 39.6 Å². The number of carboxylic acids is 1. The summed E-state index contributed by atoms with van der Waals surface area (Å²) in [5, 5.41) is 29.2. The van der Waals surface area contributed by atoms with Gasteiger partial charge in [-0.05, 0) is 85.8 Å². The number of phenolic OH excluding ortho intramolecular Hbond substituents is 1. The first kappa shape index (κ1) is 39.4. The van der Waals surface area contributed by atoms with Crippen molar-refractivity contribution in [3.63, 3.8) is 0 Å². The number of rotatable bonds is 14. The first-order valence-corrected chi connectivity index (χ1v) is 17.9. The summed E-state index contributed by atoms with van der Waals surface area (Å²) in [5.74, 6) is 9.57. The molecule has 0 spiro atoms. The van der Waals surface area contributed by atoms with Crippen LogP contribution < -0.4 is 21.4 Å². The number of fused-ring (bicyclic) bond motifs is 2. The third-order valence-corrected chi connectivity index (χ3v) is 8.90. The fourth-order valence-electron chi connectivity index (χ4n) is 6.07. The van der Waals surface area contributed by atoms with Crippen molar-refractivity contribution in [1.82, 2.24) is 16.0 Å². The van der Waals surface area contributed by atoms with E-state index in [4.69, 9.17) is 4.42 Å². The fraction of sp³-hybridized carbons (Fsp3) is 0.250. The van der Waals surface area contributed by atoms with Gasteiger partial charge in [-0.15, -0.1) is 5.92 Å². The van der Waals surface area contributed by atoms with Gasteiger partial charge in [0.2, 0.25) is 11.8 Å². The summed E-state index contributed by atoms with van der Waals surface area (Å²) in [4.78, 5) is 62.0. The highest BCUT2D eigenvalue weighted by molar-refractivity contribution is 6.09. The van der Waals surface area contributed by atoms with Crippen molar-refractivity contribution in [2.75, 3.05) is 19.6 Å². The number of carbonyl (C=O) groups excluding carboxylic acids is 3. The van der Waals surface area contributed by atoms with Gasteiger partial charge < -0.3 is 30.6 Å². The van der Waals surface area contributed by atoms with Crippen LogP contribution in [0, 0.1) is 29.6 Å². The van der Waals surface area contributed by atoms with Crippen LogP contribution in [0.25, 0.3) is 33.4 Å². The molecule has 1 heterocycles. The molecule has 2 aliphatic rings. The van der Waals surface area contributed by atoms with Crippen LogP contribution in [-0.4, -0.2) is 53.5 Å². The topological polar surface area (TPSA) is 175 Å². The molecule has 11 heteroatoms. The van der Waals surface area contributed by atoms with Crippen molar-refractivity contribution in [3.8, 4) is 51.9 Å². The number of phenols is 1. The fourth-order valence-corrected chi connectivity index (χ4v) is 6.07. The van der Waals surface area contributed by atoms with Crippen LogP contribution in [0.5, 0.6) is 5.75 Å². The second-order valence-corrected chi connectivity index (χ2v) is 13.0. The van der Waals surface area contributed by atoms with E-state index >= 15 is 0 Å². The summed E-state index contributed by atoms with van der Waals surface area (Å²) in [7, 11) is 0. The predicted molar refractivity (Wildman–Crippen MR) is 210 cm³/mol. The molecule has 1 unspecified atom stereocenters. The minimum Gasteiger partial charge on any atom is -0.508 e. The number of benzene rings is 4. The van der Waals surface area contributed by atoms with Gasteiger partial charge in [0, 0.05) is 58.7 Å². The van der Waals surface area contributed by atoms with Crippen molar-refractivity contribution in [3.05, 3.63) is 111 Å². The Morgan fingerprint density at radius 3 is 2.35 bits per heavy atom. The Labute approximate surface area is 318 Å². The van der Waals surface area contributed by atoms with Crippen LogP contribution in [0.1, 0.15) is 71.4 Å². The minimum atomic E-state index is -1.26. The second-order valence-electron chi connectivity index (χ2n) is 13.0. The lowest BCUT2D eigenvalue weighted by Crippen LogP contribution is -2.31. The van der Waals surface area contributed by atoms with Crippen molar-refractivity contribution in [1.29, 1.82) is 0 Å². The molecular formula is C44H41N3O8. The van der Waals surface area contributed by atoms with E-state index in [-0.39, 0.29) is 57.9 Å². The van der Waals surface area contributed by atoms with Crippen LogP contribution in [0.15, 0.2) is 88.1 Å². The van der Waals surface area contributed by atoms with Crippen molar-refractivity contribution in [2.45, 2.75) is 46.0 Å². The summed E-state index contributed by atoms with van der Waals surface area (Å²) < 4.78 is 5.87. The molecule has 5 N–H and O–H groups in total. The molecule has 11 nitrogen and oxygen atoms in total. The standard InChI is InChI=1S/C44H41N3O8/c1-3-4-21-45-40(50)10-6-5-7-22-46-42(51)28(2)24-30-13-11-29(12-14-30)9-8-23-47-43(52)31-15-18-34(37(25-31)44(53)54)41-35-19-16-32(48)26-38(35)55-39-27-33(49)17-20-36(39)41/h11-20,25-28,48H,5-7,10,21-24H2,1-2H3,(H,45,50)(H,46,51)(H,47,52)(H,53,54). The molecule has 3 aromatic carbocycles. The molecule has 3 amide bonds.